The molecule has 12 rings (SSSR count). The van der Waals surface area contributed by atoms with E-state index in [9.17, 15) is 0 Å². The number of fused-ring (bicyclic) bond motifs is 7. The van der Waals surface area contributed by atoms with Crippen LogP contribution in [0.2, 0.25) is 0 Å². The third-order valence-electron chi connectivity index (χ3n) is 12.3. The Bertz CT molecular complexity index is 3170. The third-order valence-corrected chi connectivity index (χ3v) is 12.3. The molecular formula is C55H34O. The molecule has 0 unspecified atom stereocenters. The van der Waals surface area contributed by atoms with E-state index in [2.05, 4.69) is 200 Å². The zero-order valence-electron chi connectivity index (χ0n) is 30.5. The van der Waals surface area contributed by atoms with Crippen molar-refractivity contribution in [1.29, 1.82) is 0 Å². The van der Waals surface area contributed by atoms with Crippen molar-refractivity contribution < 1.29 is 4.74 Å². The molecule has 0 atom stereocenters. The summed E-state index contributed by atoms with van der Waals surface area (Å²) in [5.41, 5.74) is 14.5. The Morgan fingerprint density at radius 2 is 0.964 bits per heavy atom. The zero-order chi connectivity index (χ0) is 36.8. The molecule has 0 N–H and O–H groups in total. The first-order valence-corrected chi connectivity index (χ1v) is 19.4. The lowest BCUT2D eigenvalue weighted by atomic mass is 9.67. The standard InChI is InChI=1S/C55H34O/c1-3-17-38(18-4-1)55(39-19-5-2-6-20-39)48-27-11-9-23-47(48)54-49(55)34-37-33-36(29-30-42(37)53(54)45-24-13-16-35-15-7-8-21-40(35)45)41-31-32-51-52-44(41)25-14-26-46(52)43-22-10-12-28-50(43)56-51/h1-34H. The maximum atomic E-state index is 6.50. The van der Waals surface area contributed by atoms with Crippen molar-refractivity contribution in [1.82, 2.24) is 0 Å². The Balaban J connectivity index is 1.21. The molecule has 56 heavy (non-hydrogen) atoms. The van der Waals surface area contributed by atoms with E-state index in [1.54, 1.807) is 0 Å². The van der Waals surface area contributed by atoms with Gasteiger partial charge in [-0.05, 0) is 112 Å². The minimum absolute atomic E-state index is 0.525. The lowest BCUT2D eigenvalue weighted by molar-refractivity contribution is 0.487. The SMILES string of the molecule is c1ccc(C2(c3ccccc3)c3ccccc3-c3c2cc2cc(-c4ccc5c6c(cccc46)-c4ccccc4O5)ccc2c3-c2cccc3ccccc23)cc1. The van der Waals surface area contributed by atoms with Crippen LogP contribution in [-0.2, 0) is 5.41 Å². The molecule has 260 valence electrons. The lowest BCUT2D eigenvalue weighted by Gasteiger charge is -2.34. The van der Waals surface area contributed by atoms with Gasteiger partial charge in [0, 0.05) is 10.9 Å². The van der Waals surface area contributed by atoms with Crippen LogP contribution in [0.5, 0.6) is 11.5 Å². The molecule has 0 fully saturated rings. The van der Waals surface area contributed by atoms with Crippen molar-refractivity contribution in [3.05, 3.63) is 229 Å². The number of benzene rings is 10. The first-order valence-electron chi connectivity index (χ1n) is 19.4. The highest BCUT2D eigenvalue weighted by molar-refractivity contribution is 6.15. The van der Waals surface area contributed by atoms with Crippen molar-refractivity contribution in [2.45, 2.75) is 5.41 Å². The molecule has 0 saturated heterocycles. The van der Waals surface area contributed by atoms with Crippen molar-refractivity contribution in [3.8, 4) is 56.0 Å². The quantitative estimate of drug-likeness (QED) is 0.177. The van der Waals surface area contributed by atoms with E-state index in [0.29, 0.717) is 0 Å². The summed E-state index contributed by atoms with van der Waals surface area (Å²) in [7, 11) is 0. The number of hydrogen-bond donors (Lipinski definition) is 0. The van der Waals surface area contributed by atoms with E-state index >= 15 is 0 Å². The second-order valence-electron chi connectivity index (χ2n) is 15.1. The van der Waals surface area contributed by atoms with Crippen LogP contribution in [0, 0.1) is 0 Å². The van der Waals surface area contributed by atoms with Gasteiger partial charge in [-0.3, -0.25) is 0 Å². The second kappa shape index (κ2) is 11.9. The first-order chi connectivity index (χ1) is 27.8. The van der Waals surface area contributed by atoms with Crippen LogP contribution < -0.4 is 4.74 Å². The van der Waals surface area contributed by atoms with Crippen LogP contribution >= 0.6 is 0 Å². The molecule has 2 aliphatic rings. The predicted molar refractivity (Wildman–Crippen MR) is 233 cm³/mol. The van der Waals surface area contributed by atoms with Crippen LogP contribution in [0.25, 0.3) is 76.8 Å². The molecule has 0 radical (unpaired) electrons. The predicted octanol–water partition coefficient (Wildman–Crippen LogP) is 14.6. The summed E-state index contributed by atoms with van der Waals surface area (Å²) in [6.07, 6.45) is 0. The van der Waals surface area contributed by atoms with Gasteiger partial charge in [0.2, 0.25) is 0 Å². The van der Waals surface area contributed by atoms with E-state index < -0.39 is 5.41 Å². The van der Waals surface area contributed by atoms with Gasteiger partial charge in [0.1, 0.15) is 11.5 Å². The minimum Gasteiger partial charge on any atom is -0.456 e. The monoisotopic (exact) mass is 710 g/mol. The Labute approximate surface area is 325 Å². The van der Waals surface area contributed by atoms with Gasteiger partial charge in [-0.1, -0.05) is 182 Å². The number of para-hydroxylation sites is 1. The number of hydrogen-bond acceptors (Lipinski definition) is 1. The van der Waals surface area contributed by atoms with Crippen LogP contribution in [0.1, 0.15) is 22.3 Å². The molecule has 1 aliphatic carbocycles. The molecule has 0 spiro atoms. The molecule has 10 aromatic rings. The summed E-state index contributed by atoms with van der Waals surface area (Å²) >= 11 is 0. The van der Waals surface area contributed by atoms with Crippen molar-refractivity contribution in [2.24, 2.45) is 0 Å². The number of rotatable bonds is 4. The fraction of sp³-hybridized carbons (Fsp3) is 0.0182. The summed E-state index contributed by atoms with van der Waals surface area (Å²) in [6.45, 7) is 0. The number of ether oxygens (including phenoxy) is 1. The van der Waals surface area contributed by atoms with Gasteiger partial charge >= 0.3 is 0 Å². The first kappa shape index (κ1) is 31.2. The maximum Gasteiger partial charge on any atom is 0.135 e. The Morgan fingerprint density at radius 1 is 0.321 bits per heavy atom. The van der Waals surface area contributed by atoms with E-state index in [1.807, 2.05) is 6.07 Å². The minimum atomic E-state index is -0.525. The highest BCUT2D eigenvalue weighted by Gasteiger charge is 2.47. The van der Waals surface area contributed by atoms with Crippen LogP contribution in [0.4, 0.5) is 0 Å². The van der Waals surface area contributed by atoms with Crippen LogP contribution in [-0.4, -0.2) is 0 Å². The van der Waals surface area contributed by atoms with E-state index in [4.69, 9.17) is 4.74 Å². The molecule has 10 aromatic carbocycles. The van der Waals surface area contributed by atoms with Crippen LogP contribution in [0.3, 0.4) is 0 Å². The molecule has 0 saturated carbocycles. The van der Waals surface area contributed by atoms with E-state index in [1.165, 1.54) is 88.1 Å². The zero-order valence-corrected chi connectivity index (χ0v) is 30.5. The van der Waals surface area contributed by atoms with Gasteiger partial charge in [-0.2, -0.15) is 0 Å². The molecule has 1 aliphatic heterocycles. The topological polar surface area (TPSA) is 9.23 Å². The third kappa shape index (κ3) is 4.26. The normalized spacial score (nSPS) is 13.3. The average molecular weight is 711 g/mol. The van der Waals surface area contributed by atoms with Crippen LogP contribution in [0.15, 0.2) is 206 Å². The average Bonchev–Trinajstić information content (AvgIpc) is 3.56. The van der Waals surface area contributed by atoms with E-state index in [-0.39, 0.29) is 0 Å². The summed E-state index contributed by atoms with van der Waals surface area (Å²) < 4.78 is 6.50. The largest absolute Gasteiger partial charge is 0.456 e. The molecule has 1 heteroatoms. The van der Waals surface area contributed by atoms with Gasteiger partial charge in [0.15, 0.2) is 0 Å². The van der Waals surface area contributed by atoms with Crippen molar-refractivity contribution in [3.63, 3.8) is 0 Å². The van der Waals surface area contributed by atoms with Gasteiger partial charge < -0.3 is 4.74 Å². The second-order valence-corrected chi connectivity index (χ2v) is 15.1. The van der Waals surface area contributed by atoms with E-state index in [0.717, 1.165) is 22.4 Å². The maximum absolute atomic E-state index is 6.50. The molecule has 0 amide bonds. The Kier molecular flexibility index (Phi) is 6.62. The summed E-state index contributed by atoms with van der Waals surface area (Å²) in [4.78, 5) is 0. The van der Waals surface area contributed by atoms with Crippen molar-refractivity contribution in [2.75, 3.05) is 0 Å². The van der Waals surface area contributed by atoms with Gasteiger partial charge in [0.25, 0.3) is 0 Å². The van der Waals surface area contributed by atoms with Gasteiger partial charge in [-0.15, -0.1) is 0 Å². The highest BCUT2D eigenvalue weighted by Crippen LogP contribution is 2.60. The summed E-state index contributed by atoms with van der Waals surface area (Å²) in [5.74, 6) is 1.81. The molecule has 1 heterocycles. The fourth-order valence-electron chi connectivity index (χ4n) is 10.0. The fourth-order valence-corrected chi connectivity index (χ4v) is 10.0. The summed E-state index contributed by atoms with van der Waals surface area (Å²) in [5, 5.41) is 7.32. The summed E-state index contributed by atoms with van der Waals surface area (Å²) in [6, 6.07) is 76.0. The molecule has 0 bridgehead atoms. The van der Waals surface area contributed by atoms with Crippen molar-refractivity contribution >= 4 is 32.3 Å². The lowest BCUT2D eigenvalue weighted by Crippen LogP contribution is -2.28. The van der Waals surface area contributed by atoms with Gasteiger partial charge in [0.05, 0.1) is 5.41 Å². The molecule has 0 aromatic heterocycles. The Hall–Kier alpha value is -7.22. The van der Waals surface area contributed by atoms with Gasteiger partial charge in [-0.25, -0.2) is 0 Å². The smallest absolute Gasteiger partial charge is 0.135 e. The molecule has 1 nitrogen and oxygen atoms in total. The molecular weight excluding hydrogens is 677 g/mol. The Morgan fingerprint density at radius 3 is 1.80 bits per heavy atom. The highest BCUT2D eigenvalue weighted by atomic mass is 16.5.